The number of amides is 1. The number of rotatable bonds is 29. The Morgan fingerprint density at radius 3 is 1.61 bits per heavy atom. The largest absolute Gasteiger partial charge is 0.494 e. The maximum atomic E-state index is 11.8. The van der Waals surface area contributed by atoms with Crippen molar-refractivity contribution in [1.29, 1.82) is 0 Å². The Kier molecular flexibility index (Phi) is 43.9. The number of nitrogens with one attached hydrogen (secondary N) is 6. The fourth-order valence-corrected chi connectivity index (χ4v) is 6.71. The summed E-state index contributed by atoms with van der Waals surface area (Å²) in [4.78, 5) is 11.8. The van der Waals surface area contributed by atoms with Crippen molar-refractivity contribution in [3.63, 3.8) is 0 Å². The number of hydrogen-bond donors (Lipinski definition) is 7. The van der Waals surface area contributed by atoms with Crippen molar-refractivity contribution in [1.82, 2.24) is 26.6 Å². The Morgan fingerprint density at radius 1 is 0.622 bits per heavy atom. The summed E-state index contributed by atoms with van der Waals surface area (Å²) in [5.41, 5.74) is 10.2. The number of likely N-dealkylation sites (N-methyl/N-ethyl adjacent to an activating group) is 1. The van der Waals surface area contributed by atoms with Crippen LogP contribution in [0.2, 0.25) is 10.0 Å². The summed E-state index contributed by atoms with van der Waals surface area (Å²) in [5, 5.41) is 21.6. The maximum absolute atomic E-state index is 11.8. The van der Waals surface area contributed by atoms with E-state index in [0.29, 0.717) is 54.4 Å². The van der Waals surface area contributed by atoms with Crippen LogP contribution >= 0.6 is 23.2 Å². The van der Waals surface area contributed by atoms with Crippen LogP contribution in [0.4, 0.5) is 5.69 Å². The van der Waals surface area contributed by atoms with E-state index in [0.717, 1.165) is 122 Å². The summed E-state index contributed by atoms with van der Waals surface area (Å²) < 4.78 is 5.71. The molecule has 428 valence electrons. The van der Waals surface area contributed by atoms with Crippen molar-refractivity contribution >= 4 is 34.8 Å². The van der Waals surface area contributed by atoms with E-state index in [1.165, 1.54) is 24.9 Å². The normalized spacial score (nSPS) is 14.0. The fraction of sp³-hybridized carbons (Fsp3) is 0.698. The number of hydrogen-bond acceptors (Lipinski definition) is 8. The SMILES string of the molecule is C.CC(C)C(C)NCC1CC1.CC(C)C(N)CCc1ccccc1.CCNCCNC(C)C(C)C.Cc1cc(NC(=O)CCCNC(C)C(C)C)ccc1Cl.Cc1cc(OCCCCNC(C)C(C)C)ccc1Cl. The van der Waals surface area contributed by atoms with E-state index in [-0.39, 0.29) is 13.3 Å². The molecule has 1 amide bonds. The van der Waals surface area contributed by atoms with Crippen molar-refractivity contribution in [2.24, 2.45) is 41.2 Å². The molecule has 0 aliphatic heterocycles. The number of carbonyl (C=O) groups excluding carboxylic acids is 1. The standard InChI is InChI=1S/C16H25ClN2O.C16H26ClNO.C12H19N.C9H22N2.C9H19N.CH4/c1-11(2)13(4)18-9-5-6-16(20)19-14-7-8-15(17)12(3)10-14;1-12(2)14(4)18-9-5-6-10-19-15-7-8-16(17)13(3)11-15;1-10(2)12(13)9-8-11-6-4-3-5-7-11;1-5-10-6-7-11-9(4)8(2)3;1-7(2)8(3)10-6-9-4-5-9;/h7-8,10-11,13,18H,5-6,9H2,1-4H3,(H,19,20);7-8,11-12,14,18H,5-6,9-10H2,1-4H3;3-7,10,12H,8-9,13H2,1-2H3;8-11H,5-7H2,1-4H3;7-10H,4-6H2,1-3H3;1H4. The third kappa shape index (κ3) is 39.6. The van der Waals surface area contributed by atoms with Gasteiger partial charge in [-0.3, -0.25) is 4.79 Å². The molecule has 0 aromatic heterocycles. The topological polar surface area (TPSA) is 125 Å². The Labute approximate surface area is 467 Å². The van der Waals surface area contributed by atoms with Crippen LogP contribution in [0.5, 0.6) is 5.75 Å². The summed E-state index contributed by atoms with van der Waals surface area (Å²) in [6, 6.07) is 24.6. The van der Waals surface area contributed by atoms with Crippen LogP contribution in [-0.4, -0.2) is 82.0 Å². The van der Waals surface area contributed by atoms with E-state index in [9.17, 15) is 4.79 Å². The summed E-state index contributed by atoms with van der Waals surface area (Å²) in [7, 11) is 0. The molecule has 1 aliphatic carbocycles. The van der Waals surface area contributed by atoms with Crippen molar-refractivity contribution < 1.29 is 9.53 Å². The molecule has 1 saturated carbocycles. The number of nitrogens with two attached hydrogens (primary N) is 1. The summed E-state index contributed by atoms with van der Waals surface area (Å²) in [5.74, 6) is 5.37. The Morgan fingerprint density at radius 2 is 1.12 bits per heavy atom. The first-order valence-corrected chi connectivity index (χ1v) is 29.1. The Hall–Kier alpha value is -2.73. The summed E-state index contributed by atoms with van der Waals surface area (Å²) in [6.07, 6.45) is 8.68. The highest BCUT2D eigenvalue weighted by Gasteiger charge is 2.21. The second-order valence-electron chi connectivity index (χ2n) is 22.2. The average molecular weight is 1070 g/mol. The van der Waals surface area contributed by atoms with Gasteiger partial charge in [-0.05, 0) is 201 Å². The second kappa shape index (κ2) is 44.3. The first-order chi connectivity index (χ1) is 34.5. The number of carbonyl (C=O) groups is 1. The summed E-state index contributed by atoms with van der Waals surface area (Å²) in [6.45, 7) is 44.3. The Balaban J connectivity index is 0. The van der Waals surface area contributed by atoms with Gasteiger partial charge in [-0.25, -0.2) is 0 Å². The van der Waals surface area contributed by atoms with Crippen molar-refractivity contribution in [3.8, 4) is 5.75 Å². The van der Waals surface area contributed by atoms with E-state index in [1.54, 1.807) is 6.07 Å². The van der Waals surface area contributed by atoms with Gasteiger partial charge in [0, 0.05) is 65.5 Å². The molecule has 74 heavy (non-hydrogen) atoms. The van der Waals surface area contributed by atoms with Gasteiger partial charge in [0.05, 0.1) is 6.61 Å². The van der Waals surface area contributed by atoms with E-state index in [4.69, 9.17) is 33.7 Å². The van der Waals surface area contributed by atoms with Crippen molar-refractivity contribution in [2.75, 3.05) is 51.2 Å². The maximum Gasteiger partial charge on any atom is 0.224 e. The fourth-order valence-electron chi connectivity index (χ4n) is 6.47. The highest BCUT2D eigenvalue weighted by Crippen LogP contribution is 2.28. The van der Waals surface area contributed by atoms with Gasteiger partial charge in [-0.15, -0.1) is 0 Å². The zero-order valence-corrected chi connectivity index (χ0v) is 51.0. The molecule has 0 spiro atoms. The lowest BCUT2D eigenvalue weighted by atomic mass is 9.98. The minimum Gasteiger partial charge on any atom is -0.494 e. The molecule has 1 aliphatic rings. The molecule has 0 heterocycles. The van der Waals surface area contributed by atoms with Gasteiger partial charge in [-0.2, -0.15) is 0 Å². The minimum absolute atomic E-state index is 0. The molecular formula is C63H115Cl2N7O2. The third-order valence-corrected chi connectivity index (χ3v) is 14.7. The predicted molar refractivity (Wildman–Crippen MR) is 330 cm³/mol. The van der Waals surface area contributed by atoms with E-state index in [1.807, 2.05) is 50.2 Å². The molecule has 11 heteroatoms. The molecule has 5 unspecified atom stereocenters. The molecule has 9 nitrogen and oxygen atoms in total. The molecule has 0 saturated heterocycles. The Bertz CT molecular complexity index is 1790. The van der Waals surface area contributed by atoms with E-state index in [2.05, 4.69) is 160 Å². The lowest BCUT2D eigenvalue weighted by Crippen LogP contribution is -2.36. The second-order valence-corrected chi connectivity index (χ2v) is 23.0. The lowest BCUT2D eigenvalue weighted by Gasteiger charge is -2.17. The quantitative estimate of drug-likeness (QED) is 0.0343. The van der Waals surface area contributed by atoms with Crippen LogP contribution in [0.3, 0.4) is 0 Å². The number of benzene rings is 3. The average Bonchev–Trinajstić information content (AvgIpc) is 4.19. The smallest absolute Gasteiger partial charge is 0.224 e. The molecule has 3 aromatic carbocycles. The molecule has 8 N–H and O–H groups in total. The first-order valence-electron chi connectivity index (χ1n) is 28.4. The van der Waals surface area contributed by atoms with Gasteiger partial charge in [0.1, 0.15) is 5.75 Å². The molecule has 0 bridgehead atoms. The zero-order chi connectivity index (χ0) is 55.3. The van der Waals surface area contributed by atoms with Gasteiger partial charge in [-0.1, -0.05) is 137 Å². The molecule has 3 aromatic rings. The molecular weight excluding hydrogens is 958 g/mol. The highest BCUT2D eigenvalue weighted by molar-refractivity contribution is 6.31. The van der Waals surface area contributed by atoms with Crippen LogP contribution in [0, 0.1) is 49.4 Å². The van der Waals surface area contributed by atoms with Crippen LogP contribution in [0.25, 0.3) is 0 Å². The van der Waals surface area contributed by atoms with Crippen LogP contribution < -0.4 is 42.4 Å². The monoisotopic (exact) mass is 1070 g/mol. The molecule has 5 atom stereocenters. The van der Waals surface area contributed by atoms with Gasteiger partial charge < -0.3 is 42.4 Å². The lowest BCUT2D eigenvalue weighted by molar-refractivity contribution is -0.116. The van der Waals surface area contributed by atoms with E-state index >= 15 is 0 Å². The number of aryl methyl sites for hydroxylation is 3. The van der Waals surface area contributed by atoms with Crippen molar-refractivity contribution in [2.45, 2.75) is 207 Å². The number of halogens is 2. The van der Waals surface area contributed by atoms with Gasteiger partial charge in [0.2, 0.25) is 5.91 Å². The summed E-state index contributed by atoms with van der Waals surface area (Å²) >= 11 is 11.9. The van der Waals surface area contributed by atoms with Gasteiger partial charge in [0.25, 0.3) is 0 Å². The van der Waals surface area contributed by atoms with E-state index < -0.39 is 0 Å². The minimum atomic E-state index is 0. The first kappa shape index (κ1) is 73.3. The van der Waals surface area contributed by atoms with Crippen LogP contribution in [-0.2, 0) is 11.2 Å². The van der Waals surface area contributed by atoms with Crippen LogP contribution in [0.1, 0.15) is 173 Å². The van der Waals surface area contributed by atoms with Gasteiger partial charge in [0.15, 0.2) is 0 Å². The van der Waals surface area contributed by atoms with Crippen LogP contribution in [0.15, 0.2) is 66.7 Å². The van der Waals surface area contributed by atoms with Crippen molar-refractivity contribution in [3.05, 3.63) is 93.5 Å². The predicted octanol–water partition coefficient (Wildman–Crippen LogP) is 14.9. The number of unbranched alkanes of at least 4 members (excludes halogenated alkanes) is 1. The molecule has 1 fully saturated rings. The third-order valence-electron chi connectivity index (χ3n) is 13.8. The van der Waals surface area contributed by atoms with Gasteiger partial charge >= 0.3 is 0 Å². The number of ether oxygens (including phenoxy) is 1. The number of anilines is 1. The molecule has 0 radical (unpaired) electrons. The zero-order valence-electron chi connectivity index (χ0n) is 49.5. The highest BCUT2D eigenvalue weighted by atomic mass is 35.5. The molecule has 4 rings (SSSR count).